The number of hydrogen-bond donors (Lipinski definition) is 1. The van der Waals surface area contributed by atoms with Gasteiger partial charge in [0.25, 0.3) is 0 Å². The van der Waals surface area contributed by atoms with Crippen molar-refractivity contribution >= 4 is 17.7 Å². The Balaban J connectivity index is 1.68. The zero-order valence-electron chi connectivity index (χ0n) is 14.9. The van der Waals surface area contributed by atoms with Crippen molar-refractivity contribution in [2.75, 3.05) is 6.54 Å². The first-order chi connectivity index (χ1) is 12.6. The molecular formula is C21H24N2O3. The highest BCUT2D eigenvalue weighted by Crippen LogP contribution is 2.51. The molecule has 1 aromatic rings. The molecule has 1 N–H and O–H groups in total. The molecule has 5 nitrogen and oxygen atoms in total. The highest BCUT2D eigenvalue weighted by molar-refractivity contribution is 6.06. The standard InChI is InChI=1S/C21H24N2O3/c1-2-22-17(24)12-16(13-6-4-3-5-7-13)23-20(25)18-14-8-9-15(11-10-14)19(18)21(23)26/h3-9,14-16,18-19H,2,10-12H2,1H3,(H,22,24). The molecular weight excluding hydrogens is 328 g/mol. The van der Waals surface area contributed by atoms with Gasteiger partial charge in [-0.2, -0.15) is 0 Å². The highest BCUT2D eigenvalue weighted by Gasteiger charge is 2.58. The lowest BCUT2D eigenvalue weighted by Crippen LogP contribution is -2.38. The van der Waals surface area contributed by atoms with Crippen LogP contribution in [0.2, 0.25) is 0 Å². The monoisotopic (exact) mass is 352 g/mol. The Morgan fingerprint density at radius 3 is 2.15 bits per heavy atom. The molecule has 2 bridgehead atoms. The summed E-state index contributed by atoms with van der Waals surface area (Å²) in [4.78, 5) is 40.1. The van der Waals surface area contributed by atoms with E-state index in [1.165, 1.54) is 4.90 Å². The average Bonchev–Trinajstić information content (AvgIpc) is 2.95. The summed E-state index contributed by atoms with van der Waals surface area (Å²) in [5, 5.41) is 2.79. The van der Waals surface area contributed by atoms with Crippen molar-refractivity contribution in [3.63, 3.8) is 0 Å². The van der Waals surface area contributed by atoms with Crippen LogP contribution in [0, 0.1) is 23.7 Å². The summed E-state index contributed by atoms with van der Waals surface area (Å²) in [6.45, 7) is 2.39. The van der Waals surface area contributed by atoms with Gasteiger partial charge in [-0.15, -0.1) is 0 Å². The van der Waals surface area contributed by atoms with Crippen molar-refractivity contribution in [3.05, 3.63) is 48.0 Å². The van der Waals surface area contributed by atoms with Gasteiger partial charge in [0, 0.05) is 6.54 Å². The first-order valence-electron chi connectivity index (χ1n) is 9.48. The average molecular weight is 352 g/mol. The van der Waals surface area contributed by atoms with E-state index in [-0.39, 0.29) is 47.8 Å². The van der Waals surface area contributed by atoms with Crippen LogP contribution < -0.4 is 5.32 Å². The molecule has 0 aromatic heterocycles. The minimum Gasteiger partial charge on any atom is -0.356 e. The van der Waals surface area contributed by atoms with Gasteiger partial charge in [0.1, 0.15) is 0 Å². The smallest absolute Gasteiger partial charge is 0.234 e. The molecule has 1 aromatic carbocycles. The number of nitrogens with zero attached hydrogens (tertiary/aromatic N) is 1. The molecule has 1 heterocycles. The number of amides is 3. The van der Waals surface area contributed by atoms with E-state index < -0.39 is 6.04 Å². The molecule has 1 aliphatic heterocycles. The maximum absolute atomic E-state index is 13.2. The predicted octanol–water partition coefficient (Wildman–Crippen LogP) is 2.45. The number of nitrogens with one attached hydrogen (secondary N) is 1. The fraction of sp³-hybridized carbons (Fsp3) is 0.476. The molecule has 26 heavy (non-hydrogen) atoms. The Morgan fingerprint density at radius 2 is 1.65 bits per heavy atom. The molecule has 5 rings (SSSR count). The lowest BCUT2D eigenvalue weighted by Gasteiger charge is -2.38. The molecule has 3 amide bonds. The Kier molecular flexibility index (Phi) is 4.39. The van der Waals surface area contributed by atoms with Gasteiger partial charge in [0.05, 0.1) is 24.3 Å². The topological polar surface area (TPSA) is 66.5 Å². The number of carbonyl (C=O) groups excluding carboxylic acids is 3. The summed E-state index contributed by atoms with van der Waals surface area (Å²) in [5.74, 6) is -0.509. The molecule has 1 saturated carbocycles. The second kappa shape index (κ2) is 6.71. The van der Waals surface area contributed by atoms with Gasteiger partial charge < -0.3 is 5.32 Å². The molecule has 5 unspecified atom stereocenters. The first-order valence-corrected chi connectivity index (χ1v) is 9.48. The van der Waals surface area contributed by atoms with Gasteiger partial charge in [0.15, 0.2) is 0 Å². The summed E-state index contributed by atoms with van der Waals surface area (Å²) < 4.78 is 0. The van der Waals surface area contributed by atoms with Gasteiger partial charge in [-0.1, -0.05) is 42.5 Å². The van der Waals surface area contributed by atoms with Gasteiger partial charge >= 0.3 is 0 Å². The van der Waals surface area contributed by atoms with Gasteiger partial charge in [-0.3, -0.25) is 19.3 Å². The van der Waals surface area contributed by atoms with Crippen molar-refractivity contribution in [2.24, 2.45) is 23.7 Å². The Bertz CT molecular complexity index is 726. The van der Waals surface area contributed by atoms with Crippen molar-refractivity contribution in [1.82, 2.24) is 10.2 Å². The maximum Gasteiger partial charge on any atom is 0.234 e. The van der Waals surface area contributed by atoms with Crippen LogP contribution in [0.15, 0.2) is 42.5 Å². The number of fused-ring (bicyclic) bond motifs is 1. The van der Waals surface area contributed by atoms with Crippen molar-refractivity contribution < 1.29 is 14.4 Å². The minimum absolute atomic E-state index is 0.0998. The van der Waals surface area contributed by atoms with E-state index in [0.29, 0.717) is 6.54 Å². The van der Waals surface area contributed by atoms with Crippen LogP contribution in [-0.4, -0.2) is 29.2 Å². The fourth-order valence-corrected chi connectivity index (χ4v) is 4.88. The van der Waals surface area contributed by atoms with Crippen LogP contribution in [0.1, 0.15) is 37.8 Å². The summed E-state index contributed by atoms with van der Waals surface area (Å²) >= 11 is 0. The largest absolute Gasteiger partial charge is 0.356 e. The lowest BCUT2D eigenvalue weighted by atomic mass is 9.63. The van der Waals surface area contributed by atoms with Crippen LogP contribution in [0.5, 0.6) is 0 Å². The van der Waals surface area contributed by atoms with Crippen LogP contribution >= 0.6 is 0 Å². The van der Waals surface area contributed by atoms with Crippen LogP contribution in [-0.2, 0) is 14.4 Å². The van der Waals surface area contributed by atoms with Gasteiger partial charge in [-0.05, 0) is 37.2 Å². The van der Waals surface area contributed by atoms with Gasteiger partial charge in [0.2, 0.25) is 17.7 Å². The third kappa shape index (κ3) is 2.66. The number of allylic oxidation sites excluding steroid dienone is 2. The van der Waals surface area contributed by atoms with Gasteiger partial charge in [-0.25, -0.2) is 0 Å². The molecule has 136 valence electrons. The third-order valence-corrected chi connectivity index (χ3v) is 6.04. The molecule has 3 aliphatic carbocycles. The van der Waals surface area contributed by atoms with E-state index in [9.17, 15) is 14.4 Å². The third-order valence-electron chi connectivity index (χ3n) is 6.04. The zero-order valence-corrected chi connectivity index (χ0v) is 14.9. The van der Waals surface area contributed by atoms with Crippen LogP contribution in [0.25, 0.3) is 0 Å². The summed E-state index contributed by atoms with van der Waals surface area (Å²) in [5.41, 5.74) is 0.833. The molecule has 5 atom stereocenters. The van der Waals surface area contributed by atoms with E-state index in [4.69, 9.17) is 0 Å². The maximum atomic E-state index is 13.2. The van der Waals surface area contributed by atoms with E-state index in [1.807, 2.05) is 37.3 Å². The molecule has 0 spiro atoms. The van der Waals surface area contributed by atoms with Crippen molar-refractivity contribution in [1.29, 1.82) is 0 Å². The lowest BCUT2D eigenvalue weighted by molar-refractivity contribution is -0.143. The van der Waals surface area contributed by atoms with Crippen LogP contribution in [0.4, 0.5) is 0 Å². The van der Waals surface area contributed by atoms with E-state index in [2.05, 4.69) is 17.5 Å². The van der Waals surface area contributed by atoms with E-state index in [0.717, 1.165) is 18.4 Å². The molecule has 1 saturated heterocycles. The second-order valence-corrected chi connectivity index (χ2v) is 7.47. The van der Waals surface area contributed by atoms with E-state index >= 15 is 0 Å². The fourth-order valence-electron chi connectivity index (χ4n) is 4.88. The normalized spacial score (nSPS) is 30.4. The number of hydrogen-bond acceptors (Lipinski definition) is 3. The SMILES string of the molecule is CCNC(=O)CC(c1ccccc1)N1C(=O)C2C3C=CC(CC3)C2C1=O. The Morgan fingerprint density at radius 1 is 1.08 bits per heavy atom. The summed E-state index contributed by atoms with van der Waals surface area (Å²) in [7, 11) is 0. The molecule has 4 aliphatic rings. The highest BCUT2D eigenvalue weighted by atomic mass is 16.2. The zero-order chi connectivity index (χ0) is 18.3. The quantitative estimate of drug-likeness (QED) is 0.654. The van der Waals surface area contributed by atoms with Crippen molar-refractivity contribution in [3.8, 4) is 0 Å². The molecule has 2 fully saturated rings. The minimum atomic E-state index is -0.534. The second-order valence-electron chi connectivity index (χ2n) is 7.47. The summed E-state index contributed by atoms with van der Waals surface area (Å²) in [6, 6.07) is 8.89. The Hall–Kier alpha value is -2.43. The number of carbonyl (C=O) groups is 3. The molecule has 0 radical (unpaired) electrons. The first kappa shape index (κ1) is 17.0. The number of likely N-dealkylation sites (tertiary alicyclic amines) is 1. The molecule has 5 heteroatoms. The number of rotatable bonds is 5. The van der Waals surface area contributed by atoms with Crippen LogP contribution in [0.3, 0.4) is 0 Å². The summed E-state index contributed by atoms with van der Waals surface area (Å²) in [6.07, 6.45) is 6.29. The predicted molar refractivity (Wildman–Crippen MR) is 96.7 cm³/mol. The number of benzene rings is 1. The van der Waals surface area contributed by atoms with Crippen molar-refractivity contribution in [2.45, 2.75) is 32.2 Å². The Labute approximate surface area is 153 Å². The number of imide groups is 1. The van der Waals surface area contributed by atoms with E-state index in [1.54, 1.807) is 0 Å².